The minimum absolute atomic E-state index is 0.00450. The molecule has 0 bridgehead atoms. The SMILES string of the molecule is O=C(c1ccc(O)cc1)C1COc2cc(O)ccc2C1=O. The fourth-order valence-electron chi connectivity index (χ4n) is 2.29. The summed E-state index contributed by atoms with van der Waals surface area (Å²) in [6.45, 7) is -0.0605. The number of hydrogen-bond donors (Lipinski definition) is 2. The maximum Gasteiger partial charge on any atom is 0.180 e. The third-order valence-corrected chi connectivity index (χ3v) is 3.42. The second kappa shape index (κ2) is 4.94. The average molecular weight is 284 g/mol. The molecule has 1 aliphatic rings. The van der Waals surface area contributed by atoms with Crippen LogP contribution in [0.4, 0.5) is 0 Å². The van der Waals surface area contributed by atoms with Crippen molar-refractivity contribution in [2.75, 3.05) is 6.61 Å². The number of ether oxygens (including phenoxy) is 1. The summed E-state index contributed by atoms with van der Waals surface area (Å²) in [6, 6.07) is 9.92. The summed E-state index contributed by atoms with van der Waals surface area (Å²) in [5.74, 6) is -1.24. The van der Waals surface area contributed by atoms with E-state index in [2.05, 4.69) is 0 Å². The van der Waals surface area contributed by atoms with Crippen molar-refractivity contribution in [3.05, 3.63) is 53.6 Å². The lowest BCUT2D eigenvalue weighted by atomic mass is 9.88. The van der Waals surface area contributed by atoms with Crippen LogP contribution in [0, 0.1) is 5.92 Å². The van der Waals surface area contributed by atoms with E-state index >= 15 is 0 Å². The number of ketones is 2. The van der Waals surface area contributed by atoms with Gasteiger partial charge in [-0.2, -0.15) is 0 Å². The van der Waals surface area contributed by atoms with Gasteiger partial charge in [0, 0.05) is 11.6 Å². The minimum atomic E-state index is -0.911. The van der Waals surface area contributed by atoms with Crippen LogP contribution in [0.15, 0.2) is 42.5 Å². The Labute approximate surface area is 120 Å². The fourth-order valence-corrected chi connectivity index (χ4v) is 2.29. The van der Waals surface area contributed by atoms with Gasteiger partial charge in [0.15, 0.2) is 11.6 Å². The van der Waals surface area contributed by atoms with Crippen LogP contribution in [0.25, 0.3) is 0 Å². The monoisotopic (exact) mass is 284 g/mol. The van der Waals surface area contributed by atoms with Gasteiger partial charge in [-0.15, -0.1) is 0 Å². The topological polar surface area (TPSA) is 83.8 Å². The van der Waals surface area contributed by atoms with Gasteiger partial charge in [-0.25, -0.2) is 0 Å². The highest BCUT2D eigenvalue weighted by molar-refractivity contribution is 6.17. The van der Waals surface area contributed by atoms with Gasteiger partial charge in [0.2, 0.25) is 0 Å². The number of fused-ring (bicyclic) bond motifs is 1. The van der Waals surface area contributed by atoms with Crippen molar-refractivity contribution in [1.82, 2.24) is 0 Å². The molecule has 106 valence electrons. The van der Waals surface area contributed by atoms with Crippen LogP contribution in [0.1, 0.15) is 20.7 Å². The van der Waals surface area contributed by atoms with E-state index in [-0.39, 0.29) is 41.0 Å². The molecule has 0 saturated carbocycles. The predicted octanol–water partition coefficient (Wildman–Crippen LogP) is 2.17. The van der Waals surface area contributed by atoms with Crippen LogP contribution >= 0.6 is 0 Å². The first-order valence-electron chi connectivity index (χ1n) is 6.39. The van der Waals surface area contributed by atoms with Crippen LogP contribution in [0.2, 0.25) is 0 Å². The Kier molecular flexibility index (Phi) is 3.10. The lowest BCUT2D eigenvalue weighted by Crippen LogP contribution is -2.34. The molecule has 0 radical (unpaired) electrons. The average Bonchev–Trinajstić information content (AvgIpc) is 2.47. The van der Waals surface area contributed by atoms with Crippen molar-refractivity contribution in [2.24, 2.45) is 5.92 Å². The number of aromatic hydroxyl groups is 2. The van der Waals surface area contributed by atoms with E-state index in [1.807, 2.05) is 0 Å². The first-order chi connectivity index (χ1) is 10.1. The highest BCUT2D eigenvalue weighted by Crippen LogP contribution is 2.31. The molecule has 0 amide bonds. The fraction of sp³-hybridized carbons (Fsp3) is 0.125. The predicted molar refractivity (Wildman–Crippen MR) is 73.9 cm³/mol. The lowest BCUT2D eigenvalue weighted by Gasteiger charge is -2.23. The van der Waals surface area contributed by atoms with Gasteiger partial charge >= 0.3 is 0 Å². The van der Waals surface area contributed by atoms with Crippen LogP contribution in [0.5, 0.6) is 17.2 Å². The zero-order valence-corrected chi connectivity index (χ0v) is 10.9. The molecule has 3 rings (SSSR count). The van der Waals surface area contributed by atoms with E-state index in [4.69, 9.17) is 4.74 Å². The Morgan fingerprint density at radius 2 is 1.71 bits per heavy atom. The molecule has 2 aromatic rings. The van der Waals surface area contributed by atoms with E-state index in [1.165, 1.54) is 42.5 Å². The normalized spacial score (nSPS) is 17.0. The Morgan fingerprint density at radius 3 is 2.43 bits per heavy atom. The largest absolute Gasteiger partial charge is 0.508 e. The van der Waals surface area contributed by atoms with E-state index < -0.39 is 5.92 Å². The second-order valence-corrected chi connectivity index (χ2v) is 4.82. The molecular weight excluding hydrogens is 272 g/mol. The van der Waals surface area contributed by atoms with Crippen molar-refractivity contribution in [1.29, 1.82) is 0 Å². The van der Waals surface area contributed by atoms with Gasteiger partial charge in [-0.05, 0) is 36.4 Å². The van der Waals surface area contributed by atoms with E-state index in [9.17, 15) is 19.8 Å². The first kappa shape index (κ1) is 13.2. The lowest BCUT2D eigenvalue weighted by molar-refractivity contribution is 0.0723. The standard InChI is InChI=1S/C16H12O5/c17-10-3-1-9(2-4-10)15(19)13-8-21-14-7-11(18)5-6-12(14)16(13)20/h1-7,13,17-18H,8H2. The van der Waals surface area contributed by atoms with Gasteiger partial charge in [-0.1, -0.05) is 0 Å². The zero-order valence-electron chi connectivity index (χ0n) is 10.9. The maximum absolute atomic E-state index is 12.4. The number of carbonyl (C=O) groups is 2. The summed E-state index contributed by atoms with van der Waals surface area (Å²) >= 11 is 0. The number of phenols is 2. The Balaban J connectivity index is 1.91. The number of Topliss-reactive ketones (excluding diaryl/α,β-unsaturated/α-hetero) is 2. The molecule has 2 aromatic carbocycles. The molecular formula is C16H12O5. The molecule has 5 nitrogen and oxygen atoms in total. The van der Waals surface area contributed by atoms with Crippen molar-refractivity contribution >= 4 is 11.6 Å². The maximum atomic E-state index is 12.4. The highest BCUT2D eigenvalue weighted by atomic mass is 16.5. The molecule has 1 aliphatic heterocycles. The third kappa shape index (κ3) is 2.33. The number of carbonyl (C=O) groups excluding carboxylic acids is 2. The molecule has 0 spiro atoms. The van der Waals surface area contributed by atoms with Gasteiger partial charge in [-0.3, -0.25) is 9.59 Å². The van der Waals surface area contributed by atoms with Crippen molar-refractivity contribution in [3.8, 4) is 17.2 Å². The molecule has 1 heterocycles. The zero-order chi connectivity index (χ0) is 15.0. The van der Waals surface area contributed by atoms with Crippen molar-refractivity contribution < 1.29 is 24.5 Å². The Hall–Kier alpha value is -2.82. The first-order valence-corrected chi connectivity index (χ1v) is 6.39. The summed E-state index contributed by atoms with van der Waals surface area (Å²) < 4.78 is 5.40. The minimum Gasteiger partial charge on any atom is -0.508 e. The van der Waals surface area contributed by atoms with E-state index in [1.54, 1.807) is 0 Å². The number of benzene rings is 2. The molecule has 0 aliphatic carbocycles. The van der Waals surface area contributed by atoms with Gasteiger partial charge in [0.05, 0.1) is 5.56 Å². The molecule has 1 atom stereocenters. The molecule has 0 aromatic heterocycles. The molecule has 21 heavy (non-hydrogen) atoms. The quantitative estimate of drug-likeness (QED) is 0.652. The second-order valence-electron chi connectivity index (χ2n) is 4.82. The highest BCUT2D eigenvalue weighted by Gasteiger charge is 2.34. The van der Waals surface area contributed by atoms with Crippen LogP contribution in [0.3, 0.4) is 0 Å². The van der Waals surface area contributed by atoms with Gasteiger partial charge in [0.25, 0.3) is 0 Å². The van der Waals surface area contributed by atoms with Crippen LogP contribution in [-0.4, -0.2) is 28.4 Å². The van der Waals surface area contributed by atoms with Crippen LogP contribution < -0.4 is 4.74 Å². The molecule has 2 N–H and O–H groups in total. The van der Waals surface area contributed by atoms with Gasteiger partial charge < -0.3 is 14.9 Å². The Bertz CT molecular complexity index is 718. The summed E-state index contributed by atoms with van der Waals surface area (Å²) in [4.78, 5) is 24.7. The summed E-state index contributed by atoms with van der Waals surface area (Å²) in [6.07, 6.45) is 0. The number of phenolic OH excluding ortho intramolecular Hbond substituents is 2. The molecule has 5 heteroatoms. The van der Waals surface area contributed by atoms with Crippen molar-refractivity contribution in [3.63, 3.8) is 0 Å². The van der Waals surface area contributed by atoms with Crippen LogP contribution in [-0.2, 0) is 0 Å². The van der Waals surface area contributed by atoms with E-state index in [0.717, 1.165) is 0 Å². The summed E-state index contributed by atoms with van der Waals surface area (Å²) in [5.41, 5.74) is 0.633. The summed E-state index contributed by atoms with van der Waals surface area (Å²) in [5, 5.41) is 18.6. The molecule has 0 fully saturated rings. The molecule has 1 unspecified atom stereocenters. The third-order valence-electron chi connectivity index (χ3n) is 3.42. The number of rotatable bonds is 2. The summed E-state index contributed by atoms with van der Waals surface area (Å²) in [7, 11) is 0. The molecule has 0 saturated heterocycles. The Morgan fingerprint density at radius 1 is 1.05 bits per heavy atom. The number of hydrogen-bond acceptors (Lipinski definition) is 5. The smallest absolute Gasteiger partial charge is 0.180 e. The van der Waals surface area contributed by atoms with Crippen molar-refractivity contribution in [2.45, 2.75) is 0 Å². The van der Waals surface area contributed by atoms with Gasteiger partial charge in [0.1, 0.15) is 29.8 Å². The van der Waals surface area contributed by atoms with E-state index in [0.29, 0.717) is 5.56 Å².